The molecule has 0 aromatic carbocycles. The van der Waals surface area contributed by atoms with E-state index in [1.807, 2.05) is 13.8 Å². The molecule has 128 valence electrons. The van der Waals surface area contributed by atoms with Gasteiger partial charge < -0.3 is 15.8 Å². The maximum Gasteiger partial charge on any atom is 0.408 e. The summed E-state index contributed by atoms with van der Waals surface area (Å²) in [5.74, 6) is -0.835. The van der Waals surface area contributed by atoms with Crippen molar-refractivity contribution in [1.82, 2.24) is 5.32 Å². The number of nitrogens with one attached hydrogen (secondary N) is 1. The van der Waals surface area contributed by atoms with E-state index in [0.29, 0.717) is 0 Å². The van der Waals surface area contributed by atoms with E-state index in [4.69, 9.17) is 10.5 Å². The lowest BCUT2D eigenvalue weighted by Gasteiger charge is -2.25. The Bertz CT molecular complexity index is 411. The Morgan fingerprint density at radius 2 is 1.50 bits per heavy atom. The zero-order valence-corrected chi connectivity index (χ0v) is 14.7. The maximum absolute atomic E-state index is 12.3. The molecule has 6 heteroatoms. The number of alkyl carbamates (subject to hydrolysis) is 1. The summed E-state index contributed by atoms with van der Waals surface area (Å²) in [7, 11) is 0. The zero-order valence-electron chi connectivity index (χ0n) is 14.7. The van der Waals surface area contributed by atoms with Crippen LogP contribution in [0, 0.1) is 11.8 Å². The number of carbonyl (C=O) groups excluding carboxylic acids is 3. The van der Waals surface area contributed by atoms with E-state index in [1.165, 1.54) is 0 Å². The van der Waals surface area contributed by atoms with Crippen LogP contribution in [0.2, 0.25) is 0 Å². The minimum atomic E-state index is -0.766. The molecule has 6 nitrogen and oxygen atoms in total. The van der Waals surface area contributed by atoms with Crippen molar-refractivity contribution in [2.75, 3.05) is 0 Å². The van der Waals surface area contributed by atoms with Gasteiger partial charge in [0.15, 0.2) is 11.6 Å². The third kappa shape index (κ3) is 7.54. The monoisotopic (exact) mass is 314 g/mol. The smallest absolute Gasteiger partial charge is 0.408 e. The first kappa shape index (κ1) is 20.6. The fraction of sp³-hybridized carbons (Fsp3) is 0.812. The van der Waals surface area contributed by atoms with Crippen LogP contribution in [-0.4, -0.2) is 35.3 Å². The maximum atomic E-state index is 12.3. The minimum Gasteiger partial charge on any atom is -0.444 e. The number of Topliss-reactive ketones (excluding diaryl/α,β-unsaturated/α-hetero) is 2. The Kier molecular flexibility index (Phi) is 7.73. The first-order valence-electron chi connectivity index (χ1n) is 7.65. The Morgan fingerprint density at radius 3 is 1.86 bits per heavy atom. The van der Waals surface area contributed by atoms with Crippen molar-refractivity contribution in [1.29, 1.82) is 0 Å². The van der Waals surface area contributed by atoms with Crippen LogP contribution in [0.15, 0.2) is 0 Å². The highest BCUT2D eigenvalue weighted by atomic mass is 16.6. The second-order valence-electron chi connectivity index (χ2n) is 7.25. The molecule has 22 heavy (non-hydrogen) atoms. The van der Waals surface area contributed by atoms with Gasteiger partial charge in [0.05, 0.1) is 18.5 Å². The fourth-order valence-electron chi connectivity index (χ4n) is 1.82. The number of nitrogens with two attached hydrogens (primary N) is 1. The molecule has 0 aromatic heterocycles. The number of ketones is 2. The molecule has 0 fully saturated rings. The SMILES string of the molecule is CC(C)C(NC(=O)OC(C)(C)C)C(=O)CC(=O)[C@@H](N)C(C)C. The standard InChI is InChI=1S/C16H30N2O4/c1-9(2)13(17)11(19)8-12(20)14(10(3)4)18-15(21)22-16(5,6)7/h9-10,13-14H,8,17H2,1-7H3,(H,18,21)/t13-,14?/m0/s1. The van der Waals surface area contributed by atoms with E-state index >= 15 is 0 Å². The molecule has 0 saturated heterocycles. The van der Waals surface area contributed by atoms with Crippen LogP contribution in [0.4, 0.5) is 4.79 Å². The van der Waals surface area contributed by atoms with Crippen LogP contribution >= 0.6 is 0 Å². The molecule has 3 N–H and O–H groups in total. The first-order chi connectivity index (χ1) is 9.85. The number of carbonyl (C=O) groups is 3. The van der Waals surface area contributed by atoms with E-state index in [1.54, 1.807) is 34.6 Å². The summed E-state index contributed by atoms with van der Waals surface area (Å²) in [6, 6.07) is -1.43. The molecule has 1 amide bonds. The van der Waals surface area contributed by atoms with Gasteiger partial charge in [-0.3, -0.25) is 9.59 Å². The van der Waals surface area contributed by atoms with Gasteiger partial charge in [-0.2, -0.15) is 0 Å². The predicted molar refractivity (Wildman–Crippen MR) is 85.4 cm³/mol. The van der Waals surface area contributed by atoms with Gasteiger partial charge in [0.2, 0.25) is 0 Å². The highest BCUT2D eigenvalue weighted by Crippen LogP contribution is 2.11. The molecule has 0 aliphatic heterocycles. The second kappa shape index (κ2) is 8.27. The summed E-state index contributed by atoms with van der Waals surface area (Å²) in [6.07, 6.45) is -0.946. The molecule has 0 heterocycles. The molecular formula is C16H30N2O4. The van der Waals surface area contributed by atoms with Crippen molar-refractivity contribution in [2.45, 2.75) is 72.6 Å². The van der Waals surface area contributed by atoms with Gasteiger partial charge in [0.1, 0.15) is 5.60 Å². The van der Waals surface area contributed by atoms with Crippen LogP contribution in [-0.2, 0) is 14.3 Å². The number of hydrogen-bond acceptors (Lipinski definition) is 5. The molecule has 0 rings (SSSR count). The highest BCUT2D eigenvalue weighted by molar-refractivity contribution is 6.04. The van der Waals surface area contributed by atoms with Gasteiger partial charge >= 0.3 is 6.09 Å². The van der Waals surface area contributed by atoms with Gasteiger partial charge in [0, 0.05) is 0 Å². The zero-order chi connectivity index (χ0) is 17.7. The van der Waals surface area contributed by atoms with E-state index < -0.39 is 23.8 Å². The van der Waals surface area contributed by atoms with Crippen molar-refractivity contribution in [3.63, 3.8) is 0 Å². The number of ether oxygens (including phenoxy) is 1. The van der Waals surface area contributed by atoms with Crippen molar-refractivity contribution < 1.29 is 19.1 Å². The first-order valence-corrected chi connectivity index (χ1v) is 7.65. The Balaban J connectivity index is 4.79. The molecule has 0 aromatic rings. The molecular weight excluding hydrogens is 284 g/mol. The van der Waals surface area contributed by atoms with E-state index in [9.17, 15) is 14.4 Å². The largest absolute Gasteiger partial charge is 0.444 e. The molecule has 2 atom stereocenters. The molecule has 0 saturated carbocycles. The van der Waals surface area contributed by atoms with Crippen molar-refractivity contribution in [3.05, 3.63) is 0 Å². The Hall–Kier alpha value is -1.43. The minimum absolute atomic E-state index is 0.0309. The second-order valence-corrected chi connectivity index (χ2v) is 7.25. The molecule has 0 aliphatic carbocycles. The quantitative estimate of drug-likeness (QED) is 0.701. The van der Waals surface area contributed by atoms with Crippen LogP contribution in [0.1, 0.15) is 54.9 Å². The molecule has 0 spiro atoms. The van der Waals surface area contributed by atoms with Gasteiger partial charge in [-0.15, -0.1) is 0 Å². The number of rotatable bonds is 7. The third-order valence-corrected chi connectivity index (χ3v) is 3.12. The molecule has 1 unspecified atom stereocenters. The summed E-state index contributed by atoms with van der Waals surface area (Å²) < 4.78 is 5.15. The van der Waals surface area contributed by atoms with Crippen LogP contribution in [0.3, 0.4) is 0 Å². The van der Waals surface area contributed by atoms with Crippen LogP contribution in [0.25, 0.3) is 0 Å². The Morgan fingerprint density at radius 1 is 1.00 bits per heavy atom. The molecule has 0 bridgehead atoms. The summed E-state index contributed by atoms with van der Waals surface area (Å²) in [4.78, 5) is 36.0. The van der Waals surface area contributed by atoms with Gasteiger partial charge in [-0.05, 0) is 32.6 Å². The average molecular weight is 314 g/mol. The summed E-state index contributed by atoms with van der Waals surface area (Å²) in [6.45, 7) is 12.5. The predicted octanol–water partition coefficient (Wildman–Crippen LogP) is 2.05. The normalized spacial score (nSPS) is 14.6. The van der Waals surface area contributed by atoms with E-state index in [0.717, 1.165) is 0 Å². The van der Waals surface area contributed by atoms with E-state index in [-0.39, 0.29) is 29.8 Å². The van der Waals surface area contributed by atoms with E-state index in [2.05, 4.69) is 5.32 Å². The lowest BCUT2D eigenvalue weighted by atomic mass is 9.92. The topological polar surface area (TPSA) is 98.5 Å². The third-order valence-electron chi connectivity index (χ3n) is 3.12. The highest BCUT2D eigenvalue weighted by Gasteiger charge is 2.29. The summed E-state index contributed by atoms with van der Waals surface area (Å²) >= 11 is 0. The van der Waals surface area contributed by atoms with Gasteiger partial charge in [-0.1, -0.05) is 27.7 Å². The molecule has 0 aliphatic rings. The summed E-state index contributed by atoms with van der Waals surface area (Å²) in [5.41, 5.74) is 5.11. The fourth-order valence-corrected chi connectivity index (χ4v) is 1.82. The van der Waals surface area contributed by atoms with Crippen molar-refractivity contribution in [2.24, 2.45) is 17.6 Å². The summed E-state index contributed by atoms with van der Waals surface area (Å²) in [5, 5.41) is 2.54. The van der Waals surface area contributed by atoms with Gasteiger partial charge in [0.25, 0.3) is 0 Å². The Labute approximate surface area is 133 Å². The van der Waals surface area contributed by atoms with Gasteiger partial charge in [-0.25, -0.2) is 4.79 Å². The van der Waals surface area contributed by atoms with Crippen LogP contribution < -0.4 is 11.1 Å². The lowest BCUT2D eigenvalue weighted by Crippen LogP contribution is -2.48. The average Bonchev–Trinajstić information content (AvgIpc) is 2.31. The number of hydrogen-bond donors (Lipinski definition) is 2. The molecule has 0 radical (unpaired) electrons. The van der Waals surface area contributed by atoms with Crippen LogP contribution in [0.5, 0.6) is 0 Å². The van der Waals surface area contributed by atoms with Crippen molar-refractivity contribution >= 4 is 17.7 Å². The number of amides is 1. The lowest BCUT2D eigenvalue weighted by molar-refractivity contribution is -0.129. The van der Waals surface area contributed by atoms with Crippen molar-refractivity contribution in [3.8, 4) is 0 Å².